The van der Waals surface area contributed by atoms with Gasteiger partial charge in [-0.05, 0) is 30.5 Å². The van der Waals surface area contributed by atoms with E-state index < -0.39 is 0 Å². The zero-order valence-electron chi connectivity index (χ0n) is 12.9. The number of pyridine rings is 1. The maximum Gasteiger partial charge on any atom is 0.220 e. The Hall–Kier alpha value is -1.81. The molecule has 0 spiro atoms. The van der Waals surface area contributed by atoms with Crippen molar-refractivity contribution in [2.45, 2.75) is 25.5 Å². The second-order valence-electron chi connectivity index (χ2n) is 5.25. The molecule has 1 amide bonds. The maximum atomic E-state index is 11.7. The fourth-order valence-corrected chi connectivity index (χ4v) is 2.85. The van der Waals surface area contributed by atoms with Crippen molar-refractivity contribution in [1.82, 2.24) is 10.3 Å². The maximum absolute atomic E-state index is 11.7. The van der Waals surface area contributed by atoms with Gasteiger partial charge in [0.25, 0.3) is 0 Å². The molecular weight excluding hydrogens is 292 g/mol. The highest BCUT2D eigenvalue weighted by Crippen LogP contribution is 2.12. The van der Waals surface area contributed by atoms with Gasteiger partial charge in [-0.2, -0.15) is 11.8 Å². The van der Waals surface area contributed by atoms with E-state index in [-0.39, 0.29) is 5.91 Å². The highest BCUT2D eigenvalue weighted by molar-refractivity contribution is 7.98. The molecule has 2 rings (SSSR count). The number of hydrogen-bond acceptors (Lipinski definition) is 3. The number of benzene rings is 1. The van der Waals surface area contributed by atoms with E-state index in [4.69, 9.17) is 0 Å². The van der Waals surface area contributed by atoms with Crippen molar-refractivity contribution in [2.24, 2.45) is 0 Å². The average molecular weight is 314 g/mol. The monoisotopic (exact) mass is 314 g/mol. The number of rotatable bonds is 8. The van der Waals surface area contributed by atoms with E-state index >= 15 is 0 Å². The predicted molar refractivity (Wildman–Crippen MR) is 92.9 cm³/mol. The summed E-state index contributed by atoms with van der Waals surface area (Å²) in [6.45, 7) is 2.82. The van der Waals surface area contributed by atoms with Gasteiger partial charge in [-0.1, -0.05) is 35.9 Å². The summed E-state index contributed by atoms with van der Waals surface area (Å²) in [7, 11) is 0. The lowest BCUT2D eigenvalue weighted by molar-refractivity contribution is -0.120. The number of nitrogens with zero attached hydrogens (tertiary/aromatic N) is 1. The standard InChI is InChI=1S/C18H22N2OS/c1-15-4-6-17(7-5-15)14-22-12-11-20-18(21)9-8-16-3-2-10-19-13-16/h2-7,10,13H,8-9,11-12,14H2,1H3,(H,20,21). The quantitative estimate of drug-likeness (QED) is 0.760. The minimum atomic E-state index is 0.111. The molecule has 0 radical (unpaired) electrons. The van der Waals surface area contributed by atoms with Crippen LogP contribution in [0.1, 0.15) is 23.1 Å². The molecule has 0 atom stereocenters. The smallest absolute Gasteiger partial charge is 0.220 e. The summed E-state index contributed by atoms with van der Waals surface area (Å²) >= 11 is 1.84. The largest absolute Gasteiger partial charge is 0.355 e. The summed E-state index contributed by atoms with van der Waals surface area (Å²) in [4.78, 5) is 15.8. The van der Waals surface area contributed by atoms with E-state index in [0.717, 1.165) is 30.0 Å². The van der Waals surface area contributed by atoms with E-state index in [9.17, 15) is 4.79 Å². The van der Waals surface area contributed by atoms with E-state index in [0.29, 0.717) is 6.42 Å². The minimum Gasteiger partial charge on any atom is -0.355 e. The van der Waals surface area contributed by atoms with Crippen LogP contribution in [0, 0.1) is 6.92 Å². The molecule has 3 nitrogen and oxygen atoms in total. The Labute approximate surface area is 136 Å². The minimum absolute atomic E-state index is 0.111. The molecule has 0 aliphatic carbocycles. The average Bonchev–Trinajstić information content (AvgIpc) is 2.55. The molecule has 0 saturated carbocycles. The Kier molecular flexibility index (Phi) is 6.97. The van der Waals surface area contributed by atoms with Crippen LogP contribution < -0.4 is 5.32 Å². The van der Waals surface area contributed by atoms with Gasteiger partial charge < -0.3 is 5.32 Å². The highest BCUT2D eigenvalue weighted by atomic mass is 32.2. The van der Waals surface area contributed by atoms with Crippen molar-refractivity contribution in [3.05, 3.63) is 65.5 Å². The molecule has 0 aliphatic heterocycles. The summed E-state index contributed by atoms with van der Waals surface area (Å²) < 4.78 is 0. The number of aryl methyl sites for hydroxylation is 2. The molecular formula is C18H22N2OS. The number of aromatic nitrogens is 1. The number of amides is 1. The van der Waals surface area contributed by atoms with Crippen LogP contribution in [0.4, 0.5) is 0 Å². The molecule has 22 heavy (non-hydrogen) atoms. The Balaban J connectivity index is 1.54. The Morgan fingerprint density at radius 2 is 2.00 bits per heavy atom. The molecule has 0 fully saturated rings. The van der Waals surface area contributed by atoms with Gasteiger partial charge >= 0.3 is 0 Å². The van der Waals surface area contributed by atoms with Crippen LogP contribution in [-0.2, 0) is 17.0 Å². The fourth-order valence-electron chi connectivity index (χ4n) is 2.03. The first-order valence-corrected chi connectivity index (χ1v) is 8.68. The van der Waals surface area contributed by atoms with Crippen LogP contribution in [0.25, 0.3) is 0 Å². The second-order valence-corrected chi connectivity index (χ2v) is 6.35. The Morgan fingerprint density at radius 3 is 2.73 bits per heavy atom. The van der Waals surface area contributed by atoms with Gasteiger partial charge in [0.15, 0.2) is 0 Å². The summed E-state index contributed by atoms with van der Waals surface area (Å²) in [5.74, 6) is 2.04. The van der Waals surface area contributed by atoms with E-state index in [1.807, 2.05) is 30.1 Å². The Morgan fingerprint density at radius 1 is 1.18 bits per heavy atom. The lowest BCUT2D eigenvalue weighted by atomic mass is 10.1. The molecule has 1 N–H and O–H groups in total. The molecule has 116 valence electrons. The summed E-state index contributed by atoms with van der Waals surface area (Å²) in [5.41, 5.74) is 3.72. The van der Waals surface area contributed by atoms with Gasteiger partial charge in [-0.25, -0.2) is 0 Å². The lowest BCUT2D eigenvalue weighted by Gasteiger charge is -2.06. The van der Waals surface area contributed by atoms with Crippen LogP contribution in [0.2, 0.25) is 0 Å². The van der Waals surface area contributed by atoms with Gasteiger partial charge in [0, 0.05) is 36.9 Å². The molecule has 0 aliphatic rings. The lowest BCUT2D eigenvalue weighted by Crippen LogP contribution is -2.25. The molecule has 1 heterocycles. The van der Waals surface area contributed by atoms with Gasteiger partial charge in [-0.15, -0.1) is 0 Å². The van der Waals surface area contributed by atoms with Gasteiger partial charge in [0.2, 0.25) is 5.91 Å². The first-order chi connectivity index (χ1) is 10.7. The first kappa shape index (κ1) is 16.6. The third-order valence-electron chi connectivity index (χ3n) is 3.32. The highest BCUT2D eigenvalue weighted by Gasteiger charge is 2.02. The molecule has 4 heteroatoms. The molecule has 1 aromatic heterocycles. The molecule has 0 bridgehead atoms. The fraction of sp³-hybridized carbons (Fsp3) is 0.333. The molecule has 0 unspecified atom stereocenters. The van der Waals surface area contributed by atoms with E-state index in [1.165, 1.54) is 11.1 Å². The number of nitrogens with one attached hydrogen (secondary N) is 1. The van der Waals surface area contributed by atoms with Crippen LogP contribution in [0.3, 0.4) is 0 Å². The van der Waals surface area contributed by atoms with E-state index in [2.05, 4.69) is 41.5 Å². The summed E-state index contributed by atoms with van der Waals surface area (Å²) in [6.07, 6.45) is 4.82. The van der Waals surface area contributed by atoms with Crippen molar-refractivity contribution in [3.8, 4) is 0 Å². The second kappa shape index (κ2) is 9.26. The third-order valence-corrected chi connectivity index (χ3v) is 4.35. The van der Waals surface area contributed by atoms with Crippen LogP contribution in [0.15, 0.2) is 48.8 Å². The first-order valence-electron chi connectivity index (χ1n) is 7.53. The van der Waals surface area contributed by atoms with Crippen molar-refractivity contribution in [1.29, 1.82) is 0 Å². The van der Waals surface area contributed by atoms with E-state index in [1.54, 1.807) is 6.20 Å². The SMILES string of the molecule is Cc1ccc(CSCCNC(=O)CCc2cccnc2)cc1. The van der Waals surface area contributed by atoms with Crippen molar-refractivity contribution < 1.29 is 4.79 Å². The molecule has 0 saturated heterocycles. The topological polar surface area (TPSA) is 42.0 Å². The van der Waals surface area contributed by atoms with Crippen molar-refractivity contribution in [3.63, 3.8) is 0 Å². The van der Waals surface area contributed by atoms with Gasteiger partial charge in [-0.3, -0.25) is 9.78 Å². The van der Waals surface area contributed by atoms with Crippen molar-refractivity contribution in [2.75, 3.05) is 12.3 Å². The number of carbonyl (C=O) groups excluding carboxylic acids is 1. The normalized spacial score (nSPS) is 10.4. The van der Waals surface area contributed by atoms with Crippen molar-refractivity contribution >= 4 is 17.7 Å². The van der Waals surface area contributed by atoms with Crippen LogP contribution >= 0.6 is 11.8 Å². The third kappa shape index (κ3) is 6.31. The Bertz CT molecular complexity index is 569. The predicted octanol–water partition coefficient (Wildman–Crippen LogP) is 3.37. The number of thioether (sulfide) groups is 1. The van der Waals surface area contributed by atoms with Gasteiger partial charge in [0.05, 0.1) is 0 Å². The van der Waals surface area contributed by atoms with Crippen LogP contribution in [0.5, 0.6) is 0 Å². The zero-order valence-corrected chi connectivity index (χ0v) is 13.7. The summed E-state index contributed by atoms with van der Waals surface area (Å²) in [5, 5.41) is 2.97. The molecule has 2 aromatic rings. The molecule has 1 aromatic carbocycles. The van der Waals surface area contributed by atoms with Crippen LogP contribution in [-0.4, -0.2) is 23.2 Å². The number of hydrogen-bond donors (Lipinski definition) is 1. The summed E-state index contributed by atoms with van der Waals surface area (Å²) in [6, 6.07) is 12.5. The van der Waals surface area contributed by atoms with Gasteiger partial charge in [0.1, 0.15) is 0 Å². The zero-order chi connectivity index (χ0) is 15.6. The number of carbonyl (C=O) groups is 1.